The Morgan fingerprint density at radius 3 is 1.40 bits per heavy atom. The molecule has 0 aliphatic rings. The smallest absolute Gasteiger partial charge is 0.121 e. The van der Waals surface area contributed by atoms with Crippen LogP contribution in [0.4, 0.5) is 4.32 Å². The summed E-state index contributed by atoms with van der Waals surface area (Å²) >= 11 is 0. The summed E-state index contributed by atoms with van der Waals surface area (Å²) in [7, 11) is -3.17. The number of rotatable bonds is 0. The molecule has 0 amide bonds. The van der Waals surface area contributed by atoms with Gasteiger partial charge >= 0.3 is 17.6 Å². The first kappa shape index (κ1) is 9.07. The van der Waals surface area contributed by atoms with Crippen LogP contribution in [-0.2, 0) is 0 Å². The van der Waals surface area contributed by atoms with E-state index in [1.54, 1.807) is 0 Å². The molecule has 0 fully saturated rings. The van der Waals surface area contributed by atoms with Gasteiger partial charge in [0.05, 0.1) is 0 Å². The third kappa shape index (κ3) is 128. The van der Waals surface area contributed by atoms with Crippen LogP contribution >= 0.6 is 0 Å². The third-order valence-electron chi connectivity index (χ3n) is 0. The van der Waals surface area contributed by atoms with E-state index in [0.717, 1.165) is 0 Å². The molecule has 28 valence electrons. The van der Waals surface area contributed by atoms with Gasteiger partial charge in [0.15, 0.2) is 0 Å². The van der Waals surface area contributed by atoms with Crippen molar-refractivity contribution in [1.29, 1.82) is 0 Å². The average molecular weight is 136 g/mol. The van der Waals surface area contributed by atoms with Gasteiger partial charge < -0.3 is 14.4 Å². The van der Waals surface area contributed by atoms with E-state index in [4.69, 9.17) is 10.0 Å². The maximum atomic E-state index is 9.89. The number of halogens is 1. The number of hydrogen-bond acceptors (Lipinski definition) is 2. The first-order valence-corrected chi connectivity index (χ1v) is 0.690. The molecular weight excluding hydrogens is 134 g/mol. The Bertz CT molecular complexity index is 14.4. The molecule has 0 rings (SSSR count). The molecule has 0 heterocycles. The van der Waals surface area contributed by atoms with Crippen molar-refractivity contribution in [3.05, 3.63) is 0 Å². The molecule has 0 saturated heterocycles. The van der Waals surface area contributed by atoms with Crippen LogP contribution in [0.15, 0.2) is 0 Å². The fourth-order valence-electron chi connectivity index (χ4n) is 0. The second kappa shape index (κ2) is 4.46. The van der Waals surface area contributed by atoms with Gasteiger partial charge in [-0.2, -0.15) is 0 Å². The molecule has 0 saturated carbocycles. The largest absolute Gasteiger partial charge is 0.867 e. The molecular formula is H2BFGeO2. The van der Waals surface area contributed by atoms with E-state index >= 15 is 0 Å². The Kier molecular flexibility index (Phi) is 8.09. The Labute approximate surface area is 40.2 Å². The molecule has 0 spiro atoms. The molecule has 2 nitrogen and oxygen atoms in total. The molecule has 0 N–H and O–H groups in total. The molecule has 0 aromatic rings. The van der Waals surface area contributed by atoms with E-state index < -0.39 is 7.40 Å². The maximum Gasteiger partial charge on any atom is 0.121 e. The summed E-state index contributed by atoms with van der Waals surface area (Å²) in [6.07, 6.45) is 0. The Morgan fingerprint density at radius 2 is 1.40 bits per heavy atom. The average Bonchev–Trinajstić information content (AvgIpc) is 0.811. The summed E-state index contributed by atoms with van der Waals surface area (Å²) in [5.74, 6) is 0. The van der Waals surface area contributed by atoms with Gasteiger partial charge in [-0.05, 0) is 0 Å². The van der Waals surface area contributed by atoms with Gasteiger partial charge in [-0.1, -0.05) is 0 Å². The summed E-state index contributed by atoms with van der Waals surface area (Å²) in [6, 6.07) is 0. The fraction of sp³-hybridized carbons (Fsp3) is 0. The van der Waals surface area contributed by atoms with Crippen molar-refractivity contribution in [2.45, 2.75) is 0 Å². The van der Waals surface area contributed by atoms with Crippen molar-refractivity contribution >= 4 is 25.0 Å². The standard InChI is InChI=1S/BFO2.GeH2/c2-1(3)4;/h;1H2/q-2;+2. The van der Waals surface area contributed by atoms with E-state index in [2.05, 4.69) is 0 Å². The zero-order valence-corrected chi connectivity index (χ0v) is 5.45. The van der Waals surface area contributed by atoms with Gasteiger partial charge in [0, 0.05) is 0 Å². The van der Waals surface area contributed by atoms with E-state index in [1.807, 2.05) is 0 Å². The second-order valence-electron chi connectivity index (χ2n) is 0.274. The van der Waals surface area contributed by atoms with E-state index in [0.29, 0.717) is 0 Å². The van der Waals surface area contributed by atoms with Crippen LogP contribution < -0.4 is 10.0 Å². The van der Waals surface area contributed by atoms with Gasteiger partial charge in [-0.15, -0.1) is 0 Å². The first-order chi connectivity index (χ1) is 1.73. The topological polar surface area (TPSA) is 46.1 Å². The number of hydrogen-bond donors (Lipinski definition) is 0. The van der Waals surface area contributed by atoms with Crippen LogP contribution in [-0.4, -0.2) is 25.0 Å². The molecule has 0 aliphatic carbocycles. The molecule has 0 atom stereocenters. The Hall–Kier alpha value is 0.458. The quantitative estimate of drug-likeness (QED) is 0.328. The van der Waals surface area contributed by atoms with Crippen LogP contribution in [0.1, 0.15) is 0 Å². The van der Waals surface area contributed by atoms with Crippen LogP contribution in [0.25, 0.3) is 0 Å². The SMILES string of the molecule is [GeH2+2].[O-]B([O-])F. The van der Waals surface area contributed by atoms with E-state index in [1.165, 1.54) is 0 Å². The van der Waals surface area contributed by atoms with Crippen molar-refractivity contribution in [3.63, 3.8) is 0 Å². The van der Waals surface area contributed by atoms with Crippen molar-refractivity contribution in [1.82, 2.24) is 0 Å². The predicted molar refractivity (Wildman–Crippen MR) is 15.4 cm³/mol. The zero-order chi connectivity index (χ0) is 3.58. The van der Waals surface area contributed by atoms with E-state index in [-0.39, 0.29) is 17.6 Å². The van der Waals surface area contributed by atoms with Crippen LogP contribution in [0.5, 0.6) is 0 Å². The van der Waals surface area contributed by atoms with Crippen molar-refractivity contribution < 1.29 is 14.4 Å². The monoisotopic (exact) mass is 138 g/mol. The molecule has 5 heavy (non-hydrogen) atoms. The molecule has 0 aliphatic heterocycles. The zero-order valence-electron chi connectivity index (χ0n) is 2.48. The molecule has 5 heteroatoms. The Morgan fingerprint density at radius 1 is 1.40 bits per heavy atom. The van der Waals surface area contributed by atoms with E-state index in [9.17, 15) is 4.32 Å². The van der Waals surface area contributed by atoms with Crippen LogP contribution in [0.2, 0.25) is 0 Å². The third-order valence-corrected chi connectivity index (χ3v) is 0. The summed E-state index contributed by atoms with van der Waals surface area (Å²) < 4.78 is 9.89. The minimum atomic E-state index is -3.17. The van der Waals surface area contributed by atoms with Crippen LogP contribution in [0, 0.1) is 0 Å². The van der Waals surface area contributed by atoms with Gasteiger partial charge in [0.25, 0.3) is 0 Å². The minimum absolute atomic E-state index is 0. The van der Waals surface area contributed by atoms with Crippen molar-refractivity contribution in [2.75, 3.05) is 0 Å². The fourth-order valence-corrected chi connectivity index (χ4v) is 0. The molecule has 0 unspecified atom stereocenters. The van der Waals surface area contributed by atoms with Gasteiger partial charge in [-0.3, -0.25) is 0 Å². The van der Waals surface area contributed by atoms with Crippen molar-refractivity contribution in [3.8, 4) is 0 Å². The van der Waals surface area contributed by atoms with Crippen molar-refractivity contribution in [2.24, 2.45) is 0 Å². The second-order valence-corrected chi connectivity index (χ2v) is 0.274. The summed E-state index contributed by atoms with van der Waals surface area (Å²) in [6.45, 7) is 0. The summed E-state index contributed by atoms with van der Waals surface area (Å²) in [4.78, 5) is 0. The molecule has 0 aromatic heterocycles. The Balaban J connectivity index is 0. The summed E-state index contributed by atoms with van der Waals surface area (Å²) in [5, 5.41) is 16.6. The normalized spacial score (nSPS) is 5.40. The maximum absolute atomic E-state index is 9.89. The van der Waals surface area contributed by atoms with Gasteiger partial charge in [0.1, 0.15) is 7.40 Å². The predicted octanol–water partition coefficient (Wildman–Crippen LogP) is -3.25. The molecule has 0 radical (unpaired) electrons. The summed E-state index contributed by atoms with van der Waals surface area (Å²) in [5.41, 5.74) is 0. The first-order valence-electron chi connectivity index (χ1n) is 0.690. The molecule has 0 bridgehead atoms. The molecule has 0 aromatic carbocycles. The van der Waals surface area contributed by atoms with Gasteiger partial charge in [0.2, 0.25) is 0 Å². The minimum Gasteiger partial charge on any atom is -0.867 e. The van der Waals surface area contributed by atoms with Crippen LogP contribution in [0.3, 0.4) is 0 Å². The van der Waals surface area contributed by atoms with Gasteiger partial charge in [-0.25, -0.2) is 0 Å².